The third kappa shape index (κ3) is 4.29. The zero-order valence-corrected chi connectivity index (χ0v) is 21.6. The second-order valence-electron chi connectivity index (χ2n) is 10.8. The van der Waals surface area contributed by atoms with Gasteiger partial charge >= 0.3 is 0 Å². The van der Waals surface area contributed by atoms with Gasteiger partial charge in [-0.25, -0.2) is 4.98 Å². The van der Waals surface area contributed by atoms with Gasteiger partial charge in [-0.05, 0) is 65.8 Å². The zero-order valence-electron chi connectivity index (χ0n) is 20.9. The maximum Gasteiger partial charge on any atom is 0.254 e. The normalized spacial score (nSPS) is 23.7. The molecule has 0 bridgehead atoms. The predicted octanol–water partition coefficient (Wildman–Crippen LogP) is 5.20. The number of amides is 1. The highest BCUT2D eigenvalue weighted by Crippen LogP contribution is 2.38. The number of benzene rings is 2. The molecule has 6 rings (SSSR count). The third-order valence-corrected chi connectivity index (χ3v) is 8.89. The summed E-state index contributed by atoms with van der Waals surface area (Å²) in [5.74, 6) is 0.0436. The molecule has 2 aromatic carbocycles. The summed E-state index contributed by atoms with van der Waals surface area (Å²) in [4.78, 5) is 22.3. The standard InChI is InChI=1S/C30H31ClN4O2/c31-28-11-5-10-27(33-28)30(19-32)12-14-34(15-13-30)17-20-16-23-24(22-7-2-1-6-21(20)22)18-35(29(23)37)25-8-3-4-9-26(25)36/h1-2,5-7,10-11,16,25-26,36H,3-4,8-9,12-15,17-18H2/t25-,26-/m0/s1. The highest BCUT2D eigenvalue weighted by molar-refractivity contribution is 6.29. The van der Waals surface area contributed by atoms with E-state index >= 15 is 0 Å². The SMILES string of the molecule is N#CC1(c2cccc(Cl)n2)CCN(Cc2cc3c(c4ccccc24)CN([C@H]2CCCC[C@@H]2O)C3=O)CC1. The average Bonchev–Trinajstić information content (AvgIpc) is 3.25. The van der Waals surface area contributed by atoms with Crippen LogP contribution in [-0.2, 0) is 18.5 Å². The summed E-state index contributed by atoms with van der Waals surface area (Å²) in [6.07, 6.45) is 4.63. The number of halogens is 1. The van der Waals surface area contributed by atoms with Gasteiger partial charge in [0.05, 0.1) is 23.9 Å². The Labute approximate surface area is 222 Å². The van der Waals surface area contributed by atoms with E-state index in [1.54, 1.807) is 6.07 Å². The number of carbonyl (C=O) groups is 1. The summed E-state index contributed by atoms with van der Waals surface area (Å²) < 4.78 is 0. The summed E-state index contributed by atoms with van der Waals surface area (Å²) in [6, 6.07) is 18.4. The molecule has 0 radical (unpaired) electrons. The number of pyridine rings is 1. The minimum absolute atomic E-state index is 0.0436. The fraction of sp³-hybridized carbons (Fsp3) is 0.433. The Hall–Kier alpha value is -2.98. The molecule has 190 valence electrons. The number of aliphatic hydroxyl groups excluding tert-OH is 1. The molecule has 7 heteroatoms. The smallest absolute Gasteiger partial charge is 0.254 e. The number of nitrogens with zero attached hydrogens (tertiary/aromatic N) is 4. The average molecular weight is 515 g/mol. The van der Waals surface area contributed by atoms with Crippen molar-refractivity contribution in [1.82, 2.24) is 14.8 Å². The van der Waals surface area contributed by atoms with Crippen LogP contribution < -0.4 is 0 Å². The van der Waals surface area contributed by atoms with Gasteiger partial charge in [0, 0.05) is 31.7 Å². The molecule has 2 fully saturated rings. The second-order valence-corrected chi connectivity index (χ2v) is 11.2. The molecular weight excluding hydrogens is 484 g/mol. The van der Waals surface area contributed by atoms with Crippen molar-refractivity contribution in [2.45, 2.75) is 69.2 Å². The second kappa shape index (κ2) is 9.72. The van der Waals surface area contributed by atoms with E-state index < -0.39 is 11.5 Å². The van der Waals surface area contributed by atoms with E-state index in [0.29, 0.717) is 24.5 Å². The van der Waals surface area contributed by atoms with Crippen LogP contribution in [0.3, 0.4) is 0 Å². The lowest BCUT2D eigenvalue weighted by molar-refractivity contribution is 0.0192. The van der Waals surface area contributed by atoms with Crippen LogP contribution >= 0.6 is 11.6 Å². The Morgan fingerprint density at radius 3 is 2.57 bits per heavy atom. The predicted molar refractivity (Wildman–Crippen MR) is 143 cm³/mol. The topological polar surface area (TPSA) is 80.5 Å². The van der Waals surface area contributed by atoms with Crippen molar-refractivity contribution in [2.24, 2.45) is 0 Å². The van der Waals surface area contributed by atoms with Crippen LogP contribution in [0.2, 0.25) is 5.15 Å². The largest absolute Gasteiger partial charge is 0.391 e. The van der Waals surface area contributed by atoms with Gasteiger partial charge in [-0.1, -0.05) is 54.8 Å². The number of hydrogen-bond donors (Lipinski definition) is 1. The highest BCUT2D eigenvalue weighted by atomic mass is 35.5. The lowest BCUT2D eigenvalue weighted by Crippen LogP contribution is -2.45. The van der Waals surface area contributed by atoms with Crippen LogP contribution in [0.4, 0.5) is 0 Å². The molecule has 2 aliphatic heterocycles. The van der Waals surface area contributed by atoms with E-state index in [-0.39, 0.29) is 11.9 Å². The molecule has 6 nitrogen and oxygen atoms in total. The van der Waals surface area contributed by atoms with Crippen LogP contribution in [0.1, 0.15) is 65.7 Å². The fourth-order valence-corrected chi connectivity index (χ4v) is 6.72. The molecule has 3 aromatic rings. The molecule has 2 atom stereocenters. The minimum atomic E-state index is -0.626. The monoisotopic (exact) mass is 514 g/mol. The summed E-state index contributed by atoms with van der Waals surface area (Å²) >= 11 is 6.12. The molecule has 0 spiro atoms. The van der Waals surface area contributed by atoms with Crippen molar-refractivity contribution in [3.05, 3.63) is 76.1 Å². The molecule has 0 unspecified atom stereocenters. The first-order chi connectivity index (χ1) is 18.0. The quantitative estimate of drug-likeness (QED) is 0.484. The van der Waals surface area contributed by atoms with Gasteiger partial charge in [0.2, 0.25) is 0 Å². The number of fused-ring (bicyclic) bond motifs is 3. The van der Waals surface area contributed by atoms with E-state index in [1.807, 2.05) is 23.1 Å². The van der Waals surface area contributed by atoms with Crippen molar-refractivity contribution >= 4 is 28.3 Å². The molecule has 1 amide bonds. The molecular formula is C30H31ClN4O2. The lowest BCUT2D eigenvalue weighted by Gasteiger charge is -2.37. The van der Waals surface area contributed by atoms with Crippen LogP contribution in [0.5, 0.6) is 0 Å². The van der Waals surface area contributed by atoms with Crippen LogP contribution in [0.15, 0.2) is 48.5 Å². The van der Waals surface area contributed by atoms with Crippen molar-refractivity contribution in [1.29, 1.82) is 5.26 Å². The van der Waals surface area contributed by atoms with Crippen molar-refractivity contribution in [3.8, 4) is 6.07 Å². The van der Waals surface area contributed by atoms with Gasteiger partial charge in [-0.15, -0.1) is 0 Å². The van der Waals surface area contributed by atoms with Crippen LogP contribution in [0, 0.1) is 11.3 Å². The van der Waals surface area contributed by atoms with E-state index in [1.165, 1.54) is 5.39 Å². The molecule has 3 aliphatic rings. The number of aliphatic hydroxyl groups is 1. The van der Waals surface area contributed by atoms with E-state index in [4.69, 9.17) is 11.6 Å². The van der Waals surface area contributed by atoms with Gasteiger partial charge in [-0.2, -0.15) is 5.26 Å². The Kier molecular flexibility index (Phi) is 6.40. The molecule has 3 heterocycles. The Bertz CT molecular complexity index is 1390. The van der Waals surface area contributed by atoms with Gasteiger partial charge in [0.15, 0.2) is 0 Å². The Morgan fingerprint density at radius 1 is 1.08 bits per heavy atom. The summed E-state index contributed by atoms with van der Waals surface area (Å²) in [5, 5.41) is 23.4. The number of carbonyl (C=O) groups excluding carboxylic acids is 1. The van der Waals surface area contributed by atoms with E-state index in [0.717, 1.165) is 73.1 Å². The summed E-state index contributed by atoms with van der Waals surface area (Å²) in [7, 11) is 0. The number of aromatic nitrogens is 1. The van der Waals surface area contributed by atoms with Gasteiger partial charge in [-0.3, -0.25) is 9.69 Å². The van der Waals surface area contributed by atoms with Crippen LogP contribution in [0.25, 0.3) is 10.8 Å². The van der Waals surface area contributed by atoms with Crippen molar-refractivity contribution < 1.29 is 9.90 Å². The number of hydrogen-bond acceptors (Lipinski definition) is 5. The number of likely N-dealkylation sites (tertiary alicyclic amines) is 1. The first-order valence-electron chi connectivity index (χ1n) is 13.3. The highest BCUT2D eigenvalue weighted by Gasteiger charge is 2.40. The fourth-order valence-electron chi connectivity index (χ4n) is 6.56. The third-order valence-electron chi connectivity index (χ3n) is 8.68. The Balaban J connectivity index is 1.26. The van der Waals surface area contributed by atoms with Crippen molar-refractivity contribution in [3.63, 3.8) is 0 Å². The zero-order chi connectivity index (χ0) is 25.6. The number of nitriles is 1. The minimum Gasteiger partial charge on any atom is -0.391 e. The molecule has 1 aliphatic carbocycles. The molecule has 37 heavy (non-hydrogen) atoms. The van der Waals surface area contributed by atoms with Gasteiger partial charge in [0.1, 0.15) is 10.6 Å². The number of rotatable bonds is 4. The molecule has 1 aromatic heterocycles. The number of piperidine rings is 1. The maximum atomic E-state index is 13.6. The first kappa shape index (κ1) is 24.4. The lowest BCUT2D eigenvalue weighted by atomic mass is 9.76. The Morgan fingerprint density at radius 2 is 1.84 bits per heavy atom. The molecule has 1 saturated heterocycles. The molecule has 1 N–H and O–H groups in total. The summed E-state index contributed by atoms with van der Waals surface area (Å²) in [5.41, 5.74) is 3.12. The molecule has 1 saturated carbocycles. The first-order valence-corrected chi connectivity index (χ1v) is 13.7. The van der Waals surface area contributed by atoms with Gasteiger partial charge < -0.3 is 10.0 Å². The van der Waals surface area contributed by atoms with Gasteiger partial charge in [0.25, 0.3) is 5.91 Å². The maximum absolute atomic E-state index is 13.6. The van der Waals surface area contributed by atoms with Crippen LogP contribution in [-0.4, -0.2) is 51.0 Å². The van der Waals surface area contributed by atoms with Crippen molar-refractivity contribution in [2.75, 3.05) is 13.1 Å². The summed E-state index contributed by atoms with van der Waals surface area (Å²) in [6.45, 7) is 2.82. The van der Waals surface area contributed by atoms with E-state index in [2.05, 4.69) is 40.2 Å². The van der Waals surface area contributed by atoms with E-state index in [9.17, 15) is 15.2 Å².